The molecule has 1 unspecified atom stereocenters. The lowest BCUT2D eigenvalue weighted by Gasteiger charge is -2.15. The van der Waals surface area contributed by atoms with E-state index in [4.69, 9.17) is 5.84 Å². The number of anilines is 1. The van der Waals surface area contributed by atoms with Crippen molar-refractivity contribution in [2.24, 2.45) is 5.84 Å². The number of nitrogens with two attached hydrogens (primary N) is 1. The van der Waals surface area contributed by atoms with Crippen molar-refractivity contribution in [1.82, 2.24) is 10.3 Å². The number of hydrogen-bond acceptors (Lipinski definition) is 4. The number of pyridine rings is 1. The van der Waals surface area contributed by atoms with Crippen LogP contribution in [0.1, 0.15) is 34.5 Å². The van der Waals surface area contributed by atoms with E-state index < -0.39 is 0 Å². The Kier molecular flexibility index (Phi) is 4.49. The molecule has 6 heteroatoms. The number of nitrogen functional groups attached to an aromatic ring is 1. The molecule has 0 fully saturated rings. The summed E-state index contributed by atoms with van der Waals surface area (Å²) >= 11 is 0. The Labute approximate surface area is 122 Å². The van der Waals surface area contributed by atoms with Gasteiger partial charge in [0.1, 0.15) is 11.6 Å². The Morgan fingerprint density at radius 2 is 2.10 bits per heavy atom. The molecule has 5 nitrogen and oxygen atoms in total. The maximum atomic E-state index is 13.6. The van der Waals surface area contributed by atoms with E-state index in [0.717, 1.165) is 0 Å². The summed E-state index contributed by atoms with van der Waals surface area (Å²) in [5.41, 5.74) is 4.09. The van der Waals surface area contributed by atoms with Crippen LogP contribution in [0.5, 0.6) is 0 Å². The van der Waals surface area contributed by atoms with Gasteiger partial charge in [-0.1, -0.05) is 12.1 Å². The van der Waals surface area contributed by atoms with Gasteiger partial charge in [-0.15, -0.1) is 0 Å². The summed E-state index contributed by atoms with van der Waals surface area (Å²) in [4.78, 5) is 16.1. The normalized spacial score (nSPS) is 11.8. The molecule has 0 spiro atoms. The first-order valence-electron chi connectivity index (χ1n) is 6.51. The highest BCUT2D eigenvalue weighted by Crippen LogP contribution is 2.17. The van der Waals surface area contributed by atoms with Crippen LogP contribution in [0, 0.1) is 12.7 Å². The highest BCUT2D eigenvalue weighted by atomic mass is 19.1. The maximum absolute atomic E-state index is 13.6. The van der Waals surface area contributed by atoms with Gasteiger partial charge in [-0.2, -0.15) is 0 Å². The molecule has 0 aliphatic heterocycles. The standard InChI is InChI=1S/C15H17FN4O/c1-9-3-4-11(7-13(9)16)10(2)19-15(21)12-5-6-18-14(8-12)20-17/h3-8,10H,17H2,1-2H3,(H,18,20)(H,19,21). The lowest BCUT2D eigenvalue weighted by atomic mass is 10.1. The Bertz CT molecular complexity index is 660. The Balaban J connectivity index is 2.12. The van der Waals surface area contributed by atoms with E-state index in [0.29, 0.717) is 22.5 Å². The summed E-state index contributed by atoms with van der Waals surface area (Å²) < 4.78 is 13.6. The zero-order chi connectivity index (χ0) is 15.4. The number of hydrogen-bond donors (Lipinski definition) is 3. The van der Waals surface area contributed by atoms with Gasteiger partial charge in [0.05, 0.1) is 6.04 Å². The molecule has 0 aliphatic carbocycles. The van der Waals surface area contributed by atoms with Gasteiger partial charge in [0, 0.05) is 11.8 Å². The van der Waals surface area contributed by atoms with E-state index >= 15 is 0 Å². The number of carbonyl (C=O) groups is 1. The molecule has 0 radical (unpaired) electrons. The van der Waals surface area contributed by atoms with Gasteiger partial charge in [-0.25, -0.2) is 15.2 Å². The summed E-state index contributed by atoms with van der Waals surface area (Å²) in [6.45, 7) is 3.49. The zero-order valence-corrected chi connectivity index (χ0v) is 11.9. The van der Waals surface area contributed by atoms with Crippen molar-refractivity contribution in [3.05, 3.63) is 59.0 Å². The first-order chi connectivity index (χ1) is 10.0. The van der Waals surface area contributed by atoms with Crippen LogP contribution < -0.4 is 16.6 Å². The Morgan fingerprint density at radius 3 is 2.76 bits per heavy atom. The van der Waals surface area contributed by atoms with Crippen molar-refractivity contribution >= 4 is 11.7 Å². The summed E-state index contributed by atoms with van der Waals surface area (Å²) in [5.74, 6) is 5.10. The molecule has 2 rings (SSSR count). The molecule has 0 saturated carbocycles. The minimum atomic E-state index is -0.310. The average molecular weight is 288 g/mol. The molecule has 110 valence electrons. The Hall–Kier alpha value is -2.47. The zero-order valence-electron chi connectivity index (χ0n) is 11.9. The second kappa shape index (κ2) is 6.32. The fraction of sp³-hybridized carbons (Fsp3) is 0.200. The summed E-state index contributed by atoms with van der Waals surface area (Å²) in [6, 6.07) is 7.73. The second-order valence-electron chi connectivity index (χ2n) is 4.78. The molecule has 4 N–H and O–H groups in total. The first-order valence-corrected chi connectivity index (χ1v) is 6.51. The van der Waals surface area contributed by atoms with Crippen LogP contribution >= 0.6 is 0 Å². The minimum Gasteiger partial charge on any atom is -0.346 e. The van der Waals surface area contributed by atoms with Gasteiger partial charge >= 0.3 is 0 Å². The molecule has 1 aromatic carbocycles. The van der Waals surface area contributed by atoms with Gasteiger partial charge in [0.15, 0.2) is 0 Å². The summed E-state index contributed by atoms with van der Waals surface area (Å²) in [5, 5.41) is 2.81. The fourth-order valence-corrected chi connectivity index (χ4v) is 1.89. The quantitative estimate of drug-likeness (QED) is 0.596. The number of hydrazine groups is 1. The van der Waals surface area contributed by atoms with Crippen molar-refractivity contribution in [3.8, 4) is 0 Å². The minimum absolute atomic E-state index is 0.276. The fourth-order valence-electron chi connectivity index (χ4n) is 1.89. The van der Waals surface area contributed by atoms with Gasteiger partial charge in [0.2, 0.25) is 0 Å². The summed E-state index contributed by atoms with van der Waals surface area (Å²) in [6.07, 6.45) is 1.49. The number of nitrogens with one attached hydrogen (secondary N) is 2. The molecule has 0 bridgehead atoms. The Morgan fingerprint density at radius 1 is 1.33 bits per heavy atom. The van der Waals surface area contributed by atoms with Crippen LogP contribution in [0.2, 0.25) is 0 Å². The third kappa shape index (κ3) is 3.55. The van der Waals surface area contributed by atoms with Crippen molar-refractivity contribution < 1.29 is 9.18 Å². The van der Waals surface area contributed by atoms with Crippen molar-refractivity contribution in [2.75, 3.05) is 5.43 Å². The average Bonchev–Trinajstić information content (AvgIpc) is 2.49. The molecule has 1 atom stereocenters. The molecular formula is C15H17FN4O. The topological polar surface area (TPSA) is 80.0 Å². The molecule has 1 heterocycles. The number of nitrogens with zero attached hydrogens (tertiary/aromatic N) is 1. The van der Waals surface area contributed by atoms with Crippen molar-refractivity contribution in [1.29, 1.82) is 0 Å². The van der Waals surface area contributed by atoms with E-state index in [-0.39, 0.29) is 17.8 Å². The lowest BCUT2D eigenvalue weighted by molar-refractivity contribution is 0.0939. The number of amides is 1. The van der Waals surface area contributed by atoms with E-state index in [1.165, 1.54) is 18.3 Å². The van der Waals surface area contributed by atoms with Crippen LogP contribution in [-0.4, -0.2) is 10.9 Å². The molecule has 1 aromatic heterocycles. The number of carbonyl (C=O) groups excluding carboxylic acids is 1. The van der Waals surface area contributed by atoms with Crippen LogP contribution in [0.3, 0.4) is 0 Å². The van der Waals surface area contributed by atoms with Gasteiger partial charge in [0.25, 0.3) is 5.91 Å². The first kappa shape index (κ1) is 14.9. The monoisotopic (exact) mass is 288 g/mol. The third-order valence-corrected chi connectivity index (χ3v) is 3.21. The molecule has 0 saturated heterocycles. The molecule has 1 amide bonds. The van der Waals surface area contributed by atoms with Crippen LogP contribution in [0.4, 0.5) is 10.2 Å². The third-order valence-electron chi connectivity index (χ3n) is 3.21. The second-order valence-corrected chi connectivity index (χ2v) is 4.78. The molecule has 0 aliphatic rings. The SMILES string of the molecule is Cc1ccc(C(C)NC(=O)c2ccnc(NN)c2)cc1F. The smallest absolute Gasteiger partial charge is 0.251 e. The highest BCUT2D eigenvalue weighted by molar-refractivity contribution is 5.95. The van der Waals surface area contributed by atoms with Crippen molar-refractivity contribution in [2.45, 2.75) is 19.9 Å². The largest absolute Gasteiger partial charge is 0.346 e. The predicted octanol–water partition coefficient (Wildman–Crippen LogP) is 2.31. The summed E-state index contributed by atoms with van der Waals surface area (Å²) in [7, 11) is 0. The van der Waals surface area contributed by atoms with Gasteiger partial charge in [-0.3, -0.25) is 4.79 Å². The number of benzene rings is 1. The lowest BCUT2D eigenvalue weighted by Crippen LogP contribution is -2.27. The molecule has 2 aromatic rings. The van der Waals surface area contributed by atoms with Crippen molar-refractivity contribution in [3.63, 3.8) is 0 Å². The van der Waals surface area contributed by atoms with Crippen LogP contribution in [-0.2, 0) is 0 Å². The van der Waals surface area contributed by atoms with E-state index in [1.807, 2.05) is 0 Å². The van der Waals surface area contributed by atoms with Crippen LogP contribution in [0.25, 0.3) is 0 Å². The van der Waals surface area contributed by atoms with E-state index in [9.17, 15) is 9.18 Å². The number of aryl methyl sites for hydroxylation is 1. The van der Waals surface area contributed by atoms with Gasteiger partial charge in [-0.05, 0) is 43.2 Å². The number of aromatic nitrogens is 1. The predicted molar refractivity (Wildman–Crippen MR) is 79.1 cm³/mol. The number of rotatable bonds is 4. The van der Waals surface area contributed by atoms with E-state index in [2.05, 4.69) is 15.7 Å². The molecular weight excluding hydrogens is 271 g/mol. The highest BCUT2D eigenvalue weighted by Gasteiger charge is 2.13. The number of halogens is 1. The maximum Gasteiger partial charge on any atom is 0.251 e. The van der Waals surface area contributed by atoms with Crippen LogP contribution in [0.15, 0.2) is 36.5 Å². The van der Waals surface area contributed by atoms with Gasteiger partial charge < -0.3 is 10.7 Å². The molecule has 21 heavy (non-hydrogen) atoms. The van der Waals surface area contributed by atoms with E-state index in [1.54, 1.807) is 32.0 Å².